The highest BCUT2D eigenvalue weighted by Gasteiger charge is 2.07. The van der Waals surface area contributed by atoms with Crippen molar-refractivity contribution in [2.24, 2.45) is 5.73 Å². The third kappa shape index (κ3) is 2.77. The number of hydrogen-bond donors (Lipinski definition) is 2. The van der Waals surface area contributed by atoms with Crippen LogP contribution in [0.4, 0.5) is 5.82 Å². The molecule has 0 fully saturated rings. The Morgan fingerprint density at radius 3 is 2.67 bits per heavy atom. The van der Waals surface area contributed by atoms with Crippen molar-refractivity contribution >= 4 is 17.0 Å². The molecule has 0 aliphatic heterocycles. The van der Waals surface area contributed by atoms with Gasteiger partial charge in [-0.2, -0.15) is 0 Å². The molecule has 1 aromatic carbocycles. The average Bonchev–Trinajstić information content (AvgIpc) is 2.93. The topological polar surface area (TPSA) is 105 Å². The van der Waals surface area contributed by atoms with Crippen LogP contribution in [-0.4, -0.2) is 26.1 Å². The number of benzene rings is 1. The molecule has 7 nitrogen and oxygen atoms in total. The minimum atomic E-state index is 0.386. The zero-order chi connectivity index (χ0) is 14.7. The summed E-state index contributed by atoms with van der Waals surface area (Å²) in [5.41, 5.74) is 13.7. The van der Waals surface area contributed by atoms with Crippen LogP contribution in [0.3, 0.4) is 0 Å². The van der Waals surface area contributed by atoms with Crippen LogP contribution in [0.2, 0.25) is 0 Å². The first-order chi connectivity index (χ1) is 10.3. The minimum Gasteiger partial charge on any atom is -0.492 e. The number of nitrogens with zero attached hydrogens (tertiary/aromatic N) is 4. The summed E-state index contributed by atoms with van der Waals surface area (Å²) in [6, 6.07) is 7.73. The van der Waals surface area contributed by atoms with Crippen molar-refractivity contribution in [2.75, 3.05) is 12.3 Å². The van der Waals surface area contributed by atoms with Gasteiger partial charge >= 0.3 is 0 Å². The quantitative estimate of drug-likeness (QED) is 0.722. The second-order valence-corrected chi connectivity index (χ2v) is 4.57. The number of rotatable bonds is 5. The summed E-state index contributed by atoms with van der Waals surface area (Å²) in [7, 11) is 0. The highest BCUT2D eigenvalue weighted by atomic mass is 16.5. The number of hydrogen-bond acceptors (Lipinski definition) is 6. The van der Waals surface area contributed by atoms with Crippen molar-refractivity contribution in [1.29, 1.82) is 0 Å². The molecule has 108 valence electrons. The van der Waals surface area contributed by atoms with Crippen LogP contribution in [0.1, 0.15) is 5.56 Å². The third-order valence-electron chi connectivity index (χ3n) is 3.19. The molecule has 0 aliphatic rings. The van der Waals surface area contributed by atoms with Gasteiger partial charge in [0.2, 0.25) is 0 Å². The third-order valence-corrected chi connectivity index (χ3v) is 3.19. The van der Waals surface area contributed by atoms with Crippen LogP contribution in [0.5, 0.6) is 5.75 Å². The second kappa shape index (κ2) is 5.76. The number of anilines is 1. The molecule has 0 unspecified atom stereocenters. The first-order valence-corrected chi connectivity index (χ1v) is 6.61. The van der Waals surface area contributed by atoms with E-state index in [4.69, 9.17) is 16.2 Å². The lowest BCUT2D eigenvalue weighted by Gasteiger charge is -2.08. The van der Waals surface area contributed by atoms with Gasteiger partial charge in [-0.05, 0) is 17.7 Å². The SMILES string of the molecule is NCc1ccc(OCCn2cnc3c(N)ncnc32)cc1. The largest absolute Gasteiger partial charge is 0.492 e. The number of nitrogen functional groups attached to an aromatic ring is 1. The average molecular weight is 284 g/mol. The van der Waals surface area contributed by atoms with Crippen LogP contribution in [-0.2, 0) is 13.1 Å². The van der Waals surface area contributed by atoms with Gasteiger partial charge in [-0.25, -0.2) is 15.0 Å². The maximum atomic E-state index is 5.75. The zero-order valence-corrected chi connectivity index (χ0v) is 11.4. The van der Waals surface area contributed by atoms with Gasteiger partial charge in [0.05, 0.1) is 12.9 Å². The number of imidazole rings is 1. The van der Waals surface area contributed by atoms with E-state index in [1.807, 2.05) is 28.8 Å². The van der Waals surface area contributed by atoms with Gasteiger partial charge in [0.25, 0.3) is 0 Å². The Hall–Kier alpha value is -2.67. The van der Waals surface area contributed by atoms with E-state index in [9.17, 15) is 0 Å². The summed E-state index contributed by atoms with van der Waals surface area (Å²) >= 11 is 0. The number of nitrogens with two attached hydrogens (primary N) is 2. The summed E-state index contributed by atoms with van der Waals surface area (Å²) in [6.45, 7) is 1.67. The van der Waals surface area contributed by atoms with Gasteiger partial charge in [-0.3, -0.25) is 0 Å². The van der Waals surface area contributed by atoms with Crippen LogP contribution in [0.25, 0.3) is 11.2 Å². The van der Waals surface area contributed by atoms with E-state index >= 15 is 0 Å². The highest BCUT2D eigenvalue weighted by molar-refractivity contribution is 5.81. The van der Waals surface area contributed by atoms with Crippen LogP contribution >= 0.6 is 0 Å². The smallest absolute Gasteiger partial charge is 0.165 e. The monoisotopic (exact) mass is 284 g/mol. The van der Waals surface area contributed by atoms with E-state index in [1.165, 1.54) is 6.33 Å². The molecule has 4 N–H and O–H groups in total. The van der Waals surface area contributed by atoms with Gasteiger partial charge in [0.15, 0.2) is 11.5 Å². The summed E-state index contributed by atoms with van der Waals surface area (Å²) in [5.74, 6) is 1.20. The molecule has 2 aromatic heterocycles. The van der Waals surface area contributed by atoms with E-state index in [2.05, 4.69) is 15.0 Å². The van der Waals surface area contributed by atoms with Gasteiger partial charge in [0, 0.05) is 6.54 Å². The highest BCUT2D eigenvalue weighted by Crippen LogP contribution is 2.15. The van der Waals surface area contributed by atoms with Gasteiger partial charge < -0.3 is 20.8 Å². The molecule has 0 saturated heterocycles. The van der Waals surface area contributed by atoms with Crippen LogP contribution < -0.4 is 16.2 Å². The molecule has 3 aromatic rings. The molecule has 0 saturated carbocycles. The minimum absolute atomic E-state index is 0.386. The van der Waals surface area contributed by atoms with E-state index in [0.717, 1.165) is 11.3 Å². The van der Waals surface area contributed by atoms with Gasteiger partial charge in [-0.15, -0.1) is 0 Å². The Kier molecular flexibility index (Phi) is 3.65. The fraction of sp³-hybridized carbons (Fsp3) is 0.214. The van der Waals surface area contributed by atoms with Gasteiger partial charge in [-0.1, -0.05) is 12.1 Å². The first kappa shape index (κ1) is 13.3. The molecular formula is C14H16N6O. The zero-order valence-electron chi connectivity index (χ0n) is 11.4. The van der Waals surface area contributed by atoms with E-state index in [0.29, 0.717) is 36.7 Å². The molecule has 3 rings (SSSR count). The second-order valence-electron chi connectivity index (χ2n) is 4.57. The van der Waals surface area contributed by atoms with E-state index in [1.54, 1.807) is 6.33 Å². The molecule has 0 atom stereocenters. The van der Waals surface area contributed by atoms with Crippen molar-refractivity contribution in [1.82, 2.24) is 19.5 Å². The molecule has 0 bridgehead atoms. The molecular weight excluding hydrogens is 268 g/mol. The maximum absolute atomic E-state index is 5.75. The van der Waals surface area contributed by atoms with Crippen molar-refractivity contribution in [3.8, 4) is 5.75 Å². The number of aromatic nitrogens is 4. The standard InChI is InChI=1S/C14H16N6O/c15-7-10-1-3-11(4-2-10)21-6-5-20-9-19-12-13(16)17-8-18-14(12)20/h1-4,8-9H,5-7,15H2,(H2,16,17,18). The lowest BCUT2D eigenvalue weighted by molar-refractivity contribution is 0.299. The molecule has 21 heavy (non-hydrogen) atoms. The van der Waals surface area contributed by atoms with Crippen molar-refractivity contribution < 1.29 is 4.74 Å². The Balaban J connectivity index is 1.65. The Labute approximate surface area is 121 Å². The predicted octanol–water partition coefficient (Wildman–Crippen LogP) is 0.946. The molecule has 7 heteroatoms. The van der Waals surface area contributed by atoms with Gasteiger partial charge in [0.1, 0.15) is 24.2 Å². The van der Waals surface area contributed by atoms with Crippen LogP contribution in [0.15, 0.2) is 36.9 Å². The predicted molar refractivity (Wildman–Crippen MR) is 79.6 cm³/mol. The summed E-state index contributed by atoms with van der Waals surface area (Å²) < 4.78 is 7.58. The number of ether oxygens (including phenoxy) is 1. The molecule has 0 radical (unpaired) electrons. The Bertz CT molecular complexity index is 737. The lowest BCUT2D eigenvalue weighted by atomic mass is 10.2. The Morgan fingerprint density at radius 1 is 1.10 bits per heavy atom. The first-order valence-electron chi connectivity index (χ1n) is 6.61. The number of fused-ring (bicyclic) bond motifs is 1. The fourth-order valence-corrected chi connectivity index (χ4v) is 2.05. The Morgan fingerprint density at radius 2 is 1.90 bits per heavy atom. The molecule has 0 aliphatic carbocycles. The van der Waals surface area contributed by atoms with Crippen molar-refractivity contribution in [2.45, 2.75) is 13.1 Å². The van der Waals surface area contributed by atoms with Crippen LogP contribution in [0, 0.1) is 0 Å². The summed E-state index contributed by atoms with van der Waals surface area (Å²) in [5, 5.41) is 0. The lowest BCUT2D eigenvalue weighted by Crippen LogP contribution is -2.08. The molecule has 0 amide bonds. The summed E-state index contributed by atoms with van der Waals surface area (Å²) in [6.07, 6.45) is 3.12. The van der Waals surface area contributed by atoms with Crippen molar-refractivity contribution in [3.05, 3.63) is 42.5 Å². The van der Waals surface area contributed by atoms with E-state index < -0.39 is 0 Å². The normalized spacial score (nSPS) is 10.9. The summed E-state index contributed by atoms with van der Waals surface area (Å²) in [4.78, 5) is 12.3. The maximum Gasteiger partial charge on any atom is 0.165 e. The molecule has 2 heterocycles. The molecule has 0 spiro atoms. The van der Waals surface area contributed by atoms with Crippen molar-refractivity contribution in [3.63, 3.8) is 0 Å². The van der Waals surface area contributed by atoms with E-state index in [-0.39, 0.29) is 0 Å². The fourth-order valence-electron chi connectivity index (χ4n) is 2.05.